The second-order valence-electron chi connectivity index (χ2n) is 8.30. The molecule has 3 aliphatic rings. The Labute approximate surface area is 159 Å². The summed E-state index contributed by atoms with van der Waals surface area (Å²) in [6.07, 6.45) is 5.06. The third-order valence-corrected chi connectivity index (χ3v) is 6.19. The van der Waals surface area contributed by atoms with Gasteiger partial charge in [-0.15, -0.1) is 0 Å². The summed E-state index contributed by atoms with van der Waals surface area (Å²) in [5, 5.41) is 2.84. The Morgan fingerprint density at radius 3 is 2.63 bits per heavy atom. The molecule has 1 N–H and O–H groups in total. The largest absolute Gasteiger partial charge is 0.325 e. The maximum absolute atomic E-state index is 13.0. The van der Waals surface area contributed by atoms with Crippen LogP contribution in [0.4, 0.5) is 10.5 Å². The molecule has 4 rings (SSSR count). The Morgan fingerprint density at radius 1 is 1.19 bits per heavy atom. The van der Waals surface area contributed by atoms with Gasteiger partial charge in [0.25, 0.3) is 5.91 Å². The van der Waals surface area contributed by atoms with Gasteiger partial charge in [0.05, 0.1) is 0 Å². The van der Waals surface area contributed by atoms with Crippen LogP contribution in [0.2, 0.25) is 0 Å². The van der Waals surface area contributed by atoms with Gasteiger partial charge < -0.3 is 10.2 Å². The summed E-state index contributed by atoms with van der Waals surface area (Å²) in [4.78, 5) is 41.0. The molecule has 1 aromatic rings. The summed E-state index contributed by atoms with van der Waals surface area (Å²) in [7, 11) is 0. The second-order valence-corrected chi connectivity index (χ2v) is 8.30. The van der Waals surface area contributed by atoms with E-state index in [1.807, 2.05) is 6.07 Å². The monoisotopic (exact) mass is 369 g/mol. The smallest absolute Gasteiger partial charge is 0.323 e. The van der Waals surface area contributed by atoms with E-state index in [1.165, 1.54) is 11.1 Å². The molecule has 0 aromatic heterocycles. The van der Waals surface area contributed by atoms with Crippen molar-refractivity contribution in [3.8, 4) is 0 Å². The molecule has 6 nitrogen and oxygen atoms in total. The van der Waals surface area contributed by atoms with Gasteiger partial charge in [0.1, 0.15) is 12.1 Å². The Morgan fingerprint density at radius 2 is 1.93 bits per heavy atom. The Bertz CT molecular complexity index is 796. The first-order chi connectivity index (χ1) is 12.9. The fourth-order valence-corrected chi connectivity index (χ4v) is 4.59. The van der Waals surface area contributed by atoms with Crippen LogP contribution < -0.4 is 10.2 Å². The summed E-state index contributed by atoms with van der Waals surface area (Å²) >= 11 is 0. The second kappa shape index (κ2) is 6.66. The summed E-state index contributed by atoms with van der Waals surface area (Å²) in [6.45, 7) is 4.76. The summed E-state index contributed by atoms with van der Waals surface area (Å²) in [5.74, 6) is 0.0208. The summed E-state index contributed by atoms with van der Waals surface area (Å²) in [6, 6.07) is 5.82. The van der Waals surface area contributed by atoms with Gasteiger partial charge in [0.2, 0.25) is 5.91 Å². The van der Waals surface area contributed by atoms with Gasteiger partial charge in [0.15, 0.2) is 0 Å². The van der Waals surface area contributed by atoms with Crippen molar-refractivity contribution in [2.75, 3.05) is 18.0 Å². The zero-order valence-corrected chi connectivity index (χ0v) is 16.1. The lowest BCUT2D eigenvalue weighted by Gasteiger charge is -2.31. The van der Waals surface area contributed by atoms with Gasteiger partial charge in [0, 0.05) is 12.2 Å². The first kappa shape index (κ1) is 18.0. The third kappa shape index (κ3) is 3.01. The van der Waals surface area contributed by atoms with E-state index in [1.54, 1.807) is 4.90 Å². The maximum atomic E-state index is 13.0. The molecule has 1 aliphatic carbocycles. The van der Waals surface area contributed by atoms with Crippen LogP contribution in [0.5, 0.6) is 0 Å². The van der Waals surface area contributed by atoms with Crippen molar-refractivity contribution < 1.29 is 14.4 Å². The van der Waals surface area contributed by atoms with Crippen molar-refractivity contribution >= 4 is 23.5 Å². The zero-order chi connectivity index (χ0) is 19.2. The number of carbonyl (C=O) groups excluding carboxylic acids is 3. The lowest BCUT2D eigenvalue weighted by molar-refractivity contribution is -0.134. The number of imide groups is 1. The molecule has 6 heteroatoms. The maximum Gasteiger partial charge on any atom is 0.325 e. The standard InChI is InChI=1S/C21H27N3O3/c1-14(2)15-7-8-17-16(12-15)6-5-11-23(17)18(25)13-24-19(26)21(22-20(24)27)9-3-4-10-21/h7-8,12,14H,3-6,9-11,13H2,1-2H3,(H,22,27). The summed E-state index contributed by atoms with van der Waals surface area (Å²) < 4.78 is 0. The van der Waals surface area contributed by atoms with E-state index in [0.29, 0.717) is 25.3 Å². The number of anilines is 1. The SMILES string of the molecule is CC(C)c1ccc2c(c1)CCCN2C(=O)CN1C(=O)NC2(CCCC2)C1=O. The molecule has 144 valence electrons. The van der Waals surface area contributed by atoms with Gasteiger partial charge >= 0.3 is 6.03 Å². The Kier molecular flexibility index (Phi) is 4.44. The van der Waals surface area contributed by atoms with E-state index in [2.05, 4.69) is 31.3 Å². The molecule has 1 saturated carbocycles. The molecule has 0 bridgehead atoms. The molecule has 2 heterocycles. The van der Waals surface area contributed by atoms with Crippen molar-refractivity contribution in [3.05, 3.63) is 29.3 Å². The molecule has 2 aliphatic heterocycles. The first-order valence-electron chi connectivity index (χ1n) is 9.98. The number of urea groups is 1. The lowest BCUT2D eigenvalue weighted by atomic mass is 9.94. The lowest BCUT2D eigenvalue weighted by Crippen LogP contribution is -2.47. The minimum atomic E-state index is -0.761. The normalized spacial score (nSPS) is 21.1. The predicted molar refractivity (Wildman–Crippen MR) is 103 cm³/mol. The van der Waals surface area contributed by atoms with Gasteiger partial charge in [-0.2, -0.15) is 0 Å². The molecule has 2 fully saturated rings. The molecular formula is C21H27N3O3. The highest BCUT2D eigenvalue weighted by Gasteiger charge is 2.52. The van der Waals surface area contributed by atoms with Gasteiger partial charge in [-0.1, -0.05) is 38.8 Å². The van der Waals surface area contributed by atoms with Gasteiger partial charge in [-0.3, -0.25) is 14.5 Å². The molecule has 1 spiro atoms. The number of rotatable bonds is 3. The average molecular weight is 369 g/mol. The van der Waals surface area contributed by atoms with Crippen molar-refractivity contribution in [1.82, 2.24) is 10.2 Å². The predicted octanol–water partition coefficient (Wildman–Crippen LogP) is 2.95. The van der Waals surface area contributed by atoms with Crippen LogP contribution in [0.15, 0.2) is 18.2 Å². The van der Waals surface area contributed by atoms with E-state index in [4.69, 9.17) is 0 Å². The number of fused-ring (bicyclic) bond motifs is 1. The van der Waals surface area contributed by atoms with E-state index >= 15 is 0 Å². The third-order valence-electron chi connectivity index (χ3n) is 6.19. The van der Waals surface area contributed by atoms with Gasteiger partial charge in [-0.25, -0.2) is 4.79 Å². The number of carbonyl (C=O) groups is 3. The molecular weight excluding hydrogens is 342 g/mol. The fraction of sp³-hybridized carbons (Fsp3) is 0.571. The number of hydrogen-bond acceptors (Lipinski definition) is 3. The quantitative estimate of drug-likeness (QED) is 0.833. The Balaban J connectivity index is 1.53. The first-order valence-corrected chi connectivity index (χ1v) is 9.98. The zero-order valence-electron chi connectivity index (χ0n) is 16.1. The van der Waals surface area contributed by atoms with Crippen LogP contribution in [-0.4, -0.2) is 41.4 Å². The number of aryl methyl sites for hydroxylation is 1. The van der Waals surface area contributed by atoms with E-state index in [0.717, 1.165) is 36.3 Å². The van der Waals surface area contributed by atoms with Crippen LogP contribution >= 0.6 is 0 Å². The number of benzene rings is 1. The minimum absolute atomic E-state index is 0.183. The number of nitrogens with zero attached hydrogens (tertiary/aromatic N) is 2. The van der Waals surface area contributed by atoms with Crippen molar-refractivity contribution in [3.63, 3.8) is 0 Å². The average Bonchev–Trinajstić information content (AvgIpc) is 3.21. The van der Waals surface area contributed by atoms with Crippen molar-refractivity contribution in [2.45, 2.75) is 63.8 Å². The van der Waals surface area contributed by atoms with Gasteiger partial charge in [-0.05, 0) is 48.8 Å². The molecule has 1 saturated heterocycles. The topological polar surface area (TPSA) is 69.7 Å². The highest BCUT2D eigenvalue weighted by Crippen LogP contribution is 2.35. The molecule has 0 unspecified atom stereocenters. The minimum Gasteiger partial charge on any atom is -0.323 e. The molecule has 1 aromatic carbocycles. The molecule has 4 amide bonds. The molecule has 0 atom stereocenters. The number of hydrogen-bond donors (Lipinski definition) is 1. The van der Waals surface area contributed by atoms with Crippen LogP contribution in [0.3, 0.4) is 0 Å². The Hall–Kier alpha value is -2.37. The number of amides is 4. The summed E-state index contributed by atoms with van der Waals surface area (Å²) in [5.41, 5.74) is 2.59. The van der Waals surface area contributed by atoms with Crippen LogP contribution in [0, 0.1) is 0 Å². The van der Waals surface area contributed by atoms with E-state index < -0.39 is 11.6 Å². The van der Waals surface area contributed by atoms with Crippen LogP contribution in [0.25, 0.3) is 0 Å². The fourth-order valence-electron chi connectivity index (χ4n) is 4.59. The number of nitrogens with one attached hydrogen (secondary N) is 1. The van der Waals surface area contributed by atoms with Crippen molar-refractivity contribution in [2.24, 2.45) is 0 Å². The van der Waals surface area contributed by atoms with E-state index in [-0.39, 0.29) is 18.4 Å². The van der Waals surface area contributed by atoms with Crippen LogP contribution in [-0.2, 0) is 16.0 Å². The molecule has 27 heavy (non-hydrogen) atoms. The van der Waals surface area contributed by atoms with E-state index in [9.17, 15) is 14.4 Å². The van der Waals surface area contributed by atoms with Crippen LogP contribution in [0.1, 0.15) is 63.0 Å². The highest BCUT2D eigenvalue weighted by molar-refractivity contribution is 6.10. The molecule has 0 radical (unpaired) electrons. The van der Waals surface area contributed by atoms with Crippen molar-refractivity contribution in [1.29, 1.82) is 0 Å². The highest BCUT2D eigenvalue weighted by atomic mass is 16.2.